The molecule has 1 aliphatic rings. The second-order valence-corrected chi connectivity index (χ2v) is 6.73. The summed E-state index contributed by atoms with van der Waals surface area (Å²) in [6, 6.07) is 27.0. The monoisotopic (exact) mass is 353 g/mol. The lowest BCUT2D eigenvalue weighted by Gasteiger charge is -2.17. The zero-order valence-corrected chi connectivity index (χ0v) is 15.1. The van der Waals surface area contributed by atoms with E-state index in [0.717, 1.165) is 22.2 Å². The number of nitrogens with zero attached hydrogens (tertiary/aromatic N) is 1. The second-order valence-electron chi connectivity index (χ2n) is 6.73. The second kappa shape index (κ2) is 6.13. The van der Waals surface area contributed by atoms with Crippen molar-refractivity contribution in [3.63, 3.8) is 0 Å². The number of benzene rings is 3. The first kappa shape index (κ1) is 15.9. The molecule has 27 heavy (non-hydrogen) atoms. The van der Waals surface area contributed by atoms with Crippen LogP contribution in [0.25, 0.3) is 22.2 Å². The molecule has 0 N–H and O–H groups in total. The Morgan fingerprint density at radius 3 is 2.44 bits per heavy atom. The maximum absolute atomic E-state index is 12.9. The number of hydrogen-bond acceptors (Lipinski definition) is 2. The molecule has 0 bridgehead atoms. The SMILES string of the molecule is CCOC(=O)c1c2n(c3ccccc13)C(c1ccccc1)c1ccccc1-2. The van der Waals surface area contributed by atoms with Crippen LogP contribution in [0.3, 0.4) is 0 Å². The first-order valence-corrected chi connectivity index (χ1v) is 9.25. The summed E-state index contributed by atoms with van der Waals surface area (Å²) >= 11 is 0. The number of para-hydroxylation sites is 1. The van der Waals surface area contributed by atoms with Crippen LogP contribution in [0.15, 0.2) is 78.9 Å². The number of esters is 1. The Balaban J connectivity index is 1.90. The van der Waals surface area contributed by atoms with Crippen molar-refractivity contribution in [2.45, 2.75) is 13.0 Å². The number of aromatic nitrogens is 1. The van der Waals surface area contributed by atoms with Crippen molar-refractivity contribution >= 4 is 16.9 Å². The van der Waals surface area contributed by atoms with Gasteiger partial charge in [-0.3, -0.25) is 0 Å². The van der Waals surface area contributed by atoms with Crippen LogP contribution in [-0.4, -0.2) is 17.1 Å². The molecule has 0 spiro atoms. The van der Waals surface area contributed by atoms with Crippen molar-refractivity contribution < 1.29 is 9.53 Å². The highest BCUT2D eigenvalue weighted by Gasteiger charge is 2.36. The van der Waals surface area contributed by atoms with Crippen LogP contribution in [-0.2, 0) is 4.74 Å². The van der Waals surface area contributed by atoms with Crippen molar-refractivity contribution in [2.75, 3.05) is 6.61 Å². The Labute approximate surface area is 157 Å². The summed E-state index contributed by atoms with van der Waals surface area (Å²) in [6.07, 6.45) is 0. The third kappa shape index (κ3) is 2.25. The molecule has 3 heteroatoms. The fourth-order valence-corrected chi connectivity index (χ4v) is 4.26. The Morgan fingerprint density at radius 2 is 1.63 bits per heavy atom. The van der Waals surface area contributed by atoms with Crippen LogP contribution in [0, 0.1) is 0 Å². The average Bonchev–Trinajstić information content (AvgIpc) is 3.22. The van der Waals surface area contributed by atoms with E-state index in [1.54, 1.807) is 0 Å². The van der Waals surface area contributed by atoms with Crippen LogP contribution in [0.4, 0.5) is 0 Å². The molecule has 1 aromatic heterocycles. The highest BCUT2D eigenvalue weighted by molar-refractivity contribution is 6.12. The largest absolute Gasteiger partial charge is 0.462 e. The van der Waals surface area contributed by atoms with E-state index in [9.17, 15) is 4.79 Å². The summed E-state index contributed by atoms with van der Waals surface area (Å²) in [5.74, 6) is -0.258. The normalized spacial score (nSPS) is 14.8. The van der Waals surface area contributed by atoms with Gasteiger partial charge in [0.25, 0.3) is 0 Å². The molecule has 2 heterocycles. The smallest absolute Gasteiger partial charge is 0.340 e. The molecule has 3 nitrogen and oxygen atoms in total. The average molecular weight is 353 g/mol. The lowest BCUT2D eigenvalue weighted by molar-refractivity contribution is 0.0529. The van der Waals surface area contributed by atoms with Crippen LogP contribution in [0.2, 0.25) is 0 Å². The zero-order chi connectivity index (χ0) is 18.4. The van der Waals surface area contributed by atoms with Gasteiger partial charge in [-0.2, -0.15) is 0 Å². The Morgan fingerprint density at radius 1 is 0.926 bits per heavy atom. The van der Waals surface area contributed by atoms with E-state index in [4.69, 9.17) is 4.74 Å². The topological polar surface area (TPSA) is 31.2 Å². The molecule has 0 saturated heterocycles. The van der Waals surface area contributed by atoms with Gasteiger partial charge in [0.05, 0.1) is 29.4 Å². The summed E-state index contributed by atoms with van der Waals surface area (Å²) in [5.41, 5.74) is 6.21. The van der Waals surface area contributed by atoms with E-state index >= 15 is 0 Å². The van der Waals surface area contributed by atoms with E-state index in [2.05, 4.69) is 53.1 Å². The van der Waals surface area contributed by atoms with Gasteiger partial charge < -0.3 is 9.30 Å². The van der Waals surface area contributed by atoms with E-state index in [1.807, 2.05) is 37.3 Å². The van der Waals surface area contributed by atoms with E-state index < -0.39 is 0 Å². The molecule has 4 aromatic rings. The lowest BCUT2D eigenvalue weighted by atomic mass is 9.95. The maximum atomic E-state index is 12.9. The van der Waals surface area contributed by atoms with E-state index in [-0.39, 0.29) is 12.0 Å². The predicted molar refractivity (Wildman–Crippen MR) is 107 cm³/mol. The van der Waals surface area contributed by atoms with E-state index in [0.29, 0.717) is 12.2 Å². The third-order valence-electron chi connectivity index (χ3n) is 5.27. The molecule has 5 rings (SSSR count). The van der Waals surface area contributed by atoms with Gasteiger partial charge >= 0.3 is 5.97 Å². The minimum atomic E-state index is -0.258. The molecule has 0 amide bonds. The number of carbonyl (C=O) groups excluding carboxylic acids is 1. The summed E-state index contributed by atoms with van der Waals surface area (Å²) in [4.78, 5) is 12.9. The van der Waals surface area contributed by atoms with Gasteiger partial charge in [-0.15, -0.1) is 0 Å². The van der Waals surface area contributed by atoms with Gasteiger partial charge in [-0.05, 0) is 24.1 Å². The van der Waals surface area contributed by atoms with Crippen LogP contribution >= 0.6 is 0 Å². The van der Waals surface area contributed by atoms with E-state index in [1.165, 1.54) is 11.1 Å². The van der Waals surface area contributed by atoms with Crippen molar-refractivity contribution in [3.05, 3.63) is 95.6 Å². The molecule has 132 valence electrons. The molecular weight excluding hydrogens is 334 g/mol. The zero-order valence-electron chi connectivity index (χ0n) is 15.1. The third-order valence-corrected chi connectivity index (χ3v) is 5.27. The molecule has 1 unspecified atom stereocenters. The van der Waals surface area contributed by atoms with Crippen LogP contribution in [0.1, 0.15) is 34.5 Å². The minimum absolute atomic E-state index is 0.0467. The minimum Gasteiger partial charge on any atom is -0.462 e. The first-order chi connectivity index (χ1) is 13.3. The fourth-order valence-electron chi connectivity index (χ4n) is 4.26. The van der Waals surface area contributed by atoms with Gasteiger partial charge in [0.2, 0.25) is 0 Å². The molecule has 0 aliphatic carbocycles. The molecule has 3 aromatic carbocycles. The highest BCUT2D eigenvalue weighted by atomic mass is 16.5. The lowest BCUT2D eigenvalue weighted by Crippen LogP contribution is -2.07. The molecule has 0 fully saturated rings. The number of hydrogen-bond donors (Lipinski definition) is 0. The van der Waals surface area contributed by atoms with Crippen LogP contribution < -0.4 is 0 Å². The van der Waals surface area contributed by atoms with Gasteiger partial charge in [0.15, 0.2) is 0 Å². The van der Waals surface area contributed by atoms with Gasteiger partial charge in [0.1, 0.15) is 0 Å². The molecule has 1 aliphatic heterocycles. The predicted octanol–water partition coefficient (Wildman–Crippen LogP) is 5.44. The van der Waals surface area contributed by atoms with Crippen molar-refractivity contribution in [1.29, 1.82) is 0 Å². The quantitative estimate of drug-likeness (QED) is 0.405. The molecule has 0 saturated carbocycles. The van der Waals surface area contributed by atoms with Gasteiger partial charge in [-0.1, -0.05) is 72.8 Å². The molecular formula is C24H19NO2. The van der Waals surface area contributed by atoms with Crippen molar-refractivity contribution in [2.24, 2.45) is 0 Å². The van der Waals surface area contributed by atoms with Crippen molar-refractivity contribution in [3.8, 4) is 11.3 Å². The number of ether oxygens (including phenoxy) is 1. The summed E-state index contributed by atoms with van der Waals surface area (Å²) in [6.45, 7) is 2.21. The van der Waals surface area contributed by atoms with Gasteiger partial charge in [0, 0.05) is 10.9 Å². The van der Waals surface area contributed by atoms with Crippen LogP contribution in [0.5, 0.6) is 0 Å². The van der Waals surface area contributed by atoms with Gasteiger partial charge in [-0.25, -0.2) is 4.79 Å². The molecule has 0 radical (unpaired) electrons. The standard InChI is InChI=1S/C24H19NO2/c1-2-27-24(26)21-19-14-8-9-15-20(19)25-22(16-10-4-3-5-11-16)17-12-6-7-13-18(17)23(21)25/h3-15,22H,2H2,1H3. The number of fused-ring (bicyclic) bond motifs is 5. The first-order valence-electron chi connectivity index (χ1n) is 9.25. The Kier molecular flexibility index (Phi) is 3.61. The summed E-state index contributed by atoms with van der Waals surface area (Å²) < 4.78 is 7.72. The fraction of sp³-hybridized carbons (Fsp3) is 0.125. The number of rotatable bonds is 3. The Bertz CT molecular complexity index is 1160. The van der Waals surface area contributed by atoms with Crippen molar-refractivity contribution in [1.82, 2.24) is 4.57 Å². The number of carbonyl (C=O) groups is 1. The Hall–Kier alpha value is -3.33. The maximum Gasteiger partial charge on any atom is 0.340 e. The molecule has 1 atom stereocenters. The summed E-state index contributed by atoms with van der Waals surface area (Å²) in [5, 5.41) is 0.946. The highest BCUT2D eigenvalue weighted by Crippen LogP contribution is 2.48. The summed E-state index contributed by atoms with van der Waals surface area (Å²) in [7, 11) is 0.